The molecule has 0 saturated carbocycles. The van der Waals surface area contributed by atoms with Crippen molar-refractivity contribution in [2.45, 2.75) is 82.3 Å². The fraction of sp³-hybridized carbons (Fsp3) is 0.875. The van der Waals surface area contributed by atoms with Gasteiger partial charge in [-0.25, -0.2) is 0 Å². The van der Waals surface area contributed by atoms with Crippen LogP contribution < -0.4 is 0 Å². The summed E-state index contributed by atoms with van der Waals surface area (Å²) >= 11 is 5.39. The first kappa shape index (κ1) is 17.3. The molecule has 1 aromatic heterocycles. The van der Waals surface area contributed by atoms with Gasteiger partial charge in [0.25, 0.3) is 0 Å². The van der Waals surface area contributed by atoms with Crippen LogP contribution in [-0.4, -0.2) is 25.8 Å². The number of halogens is 1. The highest BCUT2D eigenvalue weighted by atomic mass is 79.9. The van der Waals surface area contributed by atoms with Gasteiger partial charge in [-0.3, -0.25) is 0 Å². The maximum Gasteiger partial charge on any atom is 0.191 e. The molecule has 0 atom stereocenters. The van der Waals surface area contributed by atoms with Crippen LogP contribution in [0, 0.1) is 0 Å². The van der Waals surface area contributed by atoms with Crippen molar-refractivity contribution in [3.8, 4) is 0 Å². The monoisotopic (exact) mass is 373 g/mol. The molecule has 1 aliphatic heterocycles. The number of rotatable bonds is 10. The molecule has 0 saturated heterocycles. The van der Waals surface area contributed by atoms with Crippen LogP contribution >= 0.6 is 27.7 Å². The minimum atomic E-state index is 1.11. The van der Waals surface area contributed by atoms with E-state index in [-0.39, 0.29) is 0 Å². The predicted molar refractivity (Wildman–Crippen MR) is 94.4 cm³/mol. The van der Waals surface area contributed by atoms with E-state index in [1.54, 1.807) is 0 Å². The summed E-state index contributed by atoms with van der Waals surface area (Å²) in [5.41, 5.74) is 0. The molecule has 2 rings (SSSR count). The van der Waals surface area contributed by atoms with E-state index in [0.717, 1.165) is 23.5 Å². The topological polar surface area (TPSA) is 30.7 Å². The van der Waals surface area contributed by atoms with E-state index < -0.39 is 0 Å². The molecular weight excluding hydrogens is 346 g/mol. The zero-order valence-electron chi connectivity index (χ0n) is 13.0. The number of unbranched alkanes of at least 4 members (excludes halogenated alkanes) is 6. The fourth-order valence-electron chi connectivity index (χ4n) is 2.81. The van der Waals surface area contributed by atoms with Gasteiger partial charge >= 0.3 is 0 Å². The third-order valence-corrected chi connectivity index (χ3v) is 5.70. The van der Waals surface area contributed by atoms with Crippen molar-refractivity contribution in [2.24, 2.45) is 0 Å². The van der Waals surface area contributed by atoms with E-state index in [4.69, 9.17) is 0 Å². The molecule has 0 bridgehead atoms. The molecule has 3 nitrogen and oxygen atoms in total. The summed E-state index contributed by atoms with van der Waals surface area (Å²) in [5.74, 6) is 2.40. The van der Waals surface area contributed by atoms with E-state index in [1.807, 2.05) is 11.8 Å². The molecule has 21 heavy (non-hydrogen) atoms. The third kappa shape index (κ3) is 6.31. The lowest BCUT2D eigenvalue weighted by Crippen LogP contribution is -2.02. The zero-order valence-corrected chi connectivity index (χ0v) is 15.4. The molecule has 2 heterocycles. The van der Waals surface area contributed by atoms with Crippen molar-refractivity contribution in [2.75, 3.05) is 11.1 Å². The summed E-state index contributed by atoms with van der Waals surface area (Å²) in [6.45, 7) is 1.12. The normalized spacial score (nSPS) is 14.9. The number of aromatic nitrogens is 3. The van der Waals surface area contributed by atoms with Crippen LogP contribution in [0.15, 0.2) is 5.16 Å². The van der Waals surface area contributed by atoms with Gasteiger partial charge < -0.3 is 4.57 Å². The molecule has 5 heteroatoms. The van der Waals surface area contributed by atoms with E-state index >= 15 is 0 Å². The van der Waals surface area contributed by atoms with Crippen molar-refractivity contribution in [1.29, 1.82) is 0 Å². The molecule has 0 amide bonds. The molecule has 0 aliphatic carbocycles. The Balaban J connectivity index is 1.56. The maximum absolute atomic E-state index is 4.38. The Bertz CT molecular complexity index is 395. The SMILES string of the molecule is BrCCCCCCCCCSc1nnc2n1CCCCC2. The number of nitrogens with zero attached hydrogens (tertiary/aromatic N) is 3. The molecule has 1 aromatic rings. The Morgan fingerprint density at radius 2 is 1.67 bits per heavy atom. The second-order valence-electron chi connectivity index (χ2n) is 5.87. The minimum Gasteiger partial charge on any atom is -0.306 e. The largest absolute Gasteiger partial charge is 0.306 e. The number of alkyl halides is 1. The summed E-state index contributed by atoms with van der Waals surface area (Å²) in [6, 6.07) is 0. The smallest absolute Gasteiger partial charge is 0.191 e. The fourth-order valence-corrected chi connectivity index (χ4v) is 4.19. The van der Waals surface area contributed by atoms with E-state index in [1.165, 1.54) is 75.8 Å². The summed E-state index contributed by atoms with van der Waals surface area (Å²) < 4.78 is 2.36. The second kappa shape index (κ2) is 10.7. The van der Waals surface area contributed by atoms with Gasteiger partial charge in [0, 0.05) is 24.0 Å². The average Bonchev–Trinajstić information content (AvgIpc) is 2.73. The molecule has 0 spiro atoms. The van der Waals surface area contributed by atoms with Gasteiger partial charge in [0.15, 0.2) is 5.16 Å². The van der Waals surface area contributed by atoms with E-state index in [9.17, 15) is 0 Å². The van der Waals surface area contributed by atoms with Crippen molar-refractivity contribution in [3.63, 3.8) is 0 Å². The quantitative estimate of drug-likeness (QED) is 0.319. The second-order valence-corrected chi connectivity index (χ2v) is 7.73. The minimum absolute atomic E-state index is 1.11. The highest BCUT2D eigenvalue weighted by molar-refractivity contribution is 9.09. The predicted octanol–water partition coefficient (Wildman–Crippen LogP) is 5.22. The third-order valence-electron chi connectivity index (χ3n) is 4.08. The number of thioether (sulfide) groups is 1. The first-order chi connectivity index (χ1) is 10.4. The molecule has 0 aromatic carbocycles. The van der Waals surface area contributed by atoms with Crippen molar-refractivity contribution in [1.82, 2.24) is 14.8 Å². The first-order valence-corrected chi connectivity index (χ1v) is 10.6. The van der Waals surface area contributed by atoms with Gasteiger partial charge in [-0.15, -0.1) is 10.2 Å². The van der Waals surface area contributed by atoms with Gasteiger partial charge in [0.1, 0.15) is 5.82 Å². The number of fused-ring (bicyclic) bond motifs is 1. The molecule has 0 unspecified atom stereocenters. The maximum atomic E-state index is 4.38. The Morgan fingerprint density at radius 1 is 0.905 bits per heavy atom. The molecule has 0 radical (unpaired) electrons. The van der Waals surface area contributed by atoms with Crippen LogP contribution in [0.5, 0.6) is 0 Å². The summed E-state index contributed by atoms with van der Waals surface area (Å²) in [6.07, 6.45) is 14.6. The van der Waals surface area contributed by atoms with Crippen LogP contribution in [0.3, 0.4) is 0 Å². The highest BCUT2D eigenvalue weighted by Crippen LogP contribution is 2.23. The zero-order chi connectivity index (χ0) is 14.8. The lowest BCUT2D eigenvalue weighted by molar-refractivity contribution is 0.589. The van der Waals surface area contributed by atoms with E-state index in [2.05, 4.69) is 30.7 Å². The van der Waals surface area contributed by atoms with Crippen LogP contribution in [0.2, 0.25) is 0 Å². The standard InChI is InChI=1S/C16H28BrN3S/c17-12-8-4-2-1-3-5-10-14-21-16-19-18-15-11-7-6-9-13-20(15)16/h1-14H2. The molecular formula is C16H28BrN3S. The lowest BCUT2D eigenvalue weighted by atomic mass is 10.1. The van der Waals surface area contributed by atoms with Crippen LogP contribution in [0.1, 0.15) is 70.0 Å². The lowest BCUT2D eigenvalue weighted by Gasteiger charge is -2.06. The van der Waals surface area contributed by atoms with Gasteiger partial charge in [-0.05, 0) is 25.7 Å². The number of aryl methyl sites for hydroxylation is 1. The van der Waals surface area contributed by atoms with Crippen LogP contribution in [0.4, 0.5) is 0 Å². The van der Waals surface area contributed by atoms with Crippen molar-refractivity contribution < 1.29 is 0 Å². The Morgan fingerprint density at radius 3 is 2.48 bits per heavy atom. The molecule has 120 valence electrons. The van der Waals surface area contributed by atoms with Crippen molar-refractivity contribution >= 4 is 27.7 Å². The average molecular weight is 374 g/mol. The summed E-state index contributed by atoms with van der Waals surface area (Å²) in [5, 5.41) is 11.1. The van der Waals surface area contributed by atoms with Gasteiger partial charge in [-0.1, -0.05) is 66.2 Å². The molecule has 1 aliphatic rings. The summed E-state index contributed by atoms with van der Waals surface area (Å²) in [4.78, 5) is 0. The number of hydrogen-bond acceptors (Lipinski definition) is 3. The Hall–Kier alpha value is -0.0300. The van der Waals surface area contributed by atoms with Gasteiger partial charge in [-0.2, -0.15) is 0 Å². The van der Waals surface area contributed by atoms with Gasteiger partial charge in [0.2, 0.25) is 0 Å². The molecule has 0 fully saturated rings. The first-order valence-electron chi connectivity index (χ1n) is 8.52. The number of hydrogen-bond donors (Lipinski definition) is 0. The van der Waals surface area contributed by atoms with Crippen molar-refractivity contribution in [3.05, 3.63) is 5.82 Å². The molecule has 0 N–H and O–H groups in total. The van der Waals surface area contributed by atoms with Gasteiger partial charge in [0.05, 0.1) is 0 Å². The van der Waals surface area contributed by atoms with Crippen LogP contribution in [-0.2, 0) is 13.0 Å². The highest BCUT2D eigenvalue weighted by Gasteiger charge is 2.14. The summed E-state index contributed by atoms with van der Waals surface area (Å²) in [7, 11) is 0. The Labute approximate surface area is 141 Å². The van der Waals surface area contributed by atoms with E-state index in [0.29, 0.717) is 0 Å². The van der Waals surface area contributed by atoms with Crippen LogP contribution in [0.25, 0.3) is 0 Å². The Kier molecular flexibility index (Phi) is 8.79.